The Labute approximate surface area is 130 Å². The highest BCUT2D eigenvalue weighted by atomic mass is 16.3. The Morgan fingerprint density at radius 1 is 1.32 bits per heavy atom. The molecular weight excluding hydrogens is 278 g/mol. The molecule has 1 aliphatic heterocycles. The lowest BCUT2D eigenvalue weighted by molar-refractivity contribution is 0.0444. The lowest BCUT2D eigenvalue weighted by Gasteiger charge is -2.33. The third-order valence-electron chi connectivity index (χ3n) is 4.77. The molecular formula is C18H23NO3. The van der Waals surface area contributed by atoms with Crippen LogP contribution in [0.3, 0.4) is 0 Å². The molecule has 2 atom stereocenters. The van der Waals surface area contributed by atoms with E-state index in [1.165, 1.54) is 5.56 Å². The van der Waals surface area contributed by atoms with Crippen LogP contribution in [0.5, 0.6) is 0 Å². The molecule has 3 rings (SSSR count). The third kappa shape index (κ3) is 2.75. The first-order chi connectivity index (χ1) is 10.5. The van der Waals surface area contributed by atoms with Crippen LogP contribution in [0.2, 0.25) is 0 Å². The van der Waals surface area contributed by atoms with E-state index in [0.29, 0.717) is 12.3 Å². The maximum absolute atomic E-state index is 12.7. The van der Waals surface area contributed by atoms with Gasteiger partial charge in [-0.25, -0.2) is 0 Å². The van der Waals surface area contributed by atoms with Crippen molar-refractivity contribution in [1.82, 2.24) is 4.90 Å². The number of carbonyl (C=O) groups excluding carboxylic acids is 1. The van der Waals surface area contributed by atoms with Crippen LogP contribution in [0.25, 0.3) is 11.0 Å². The molecule has 2 aromatic rings. The van der Waals surface area contributed by atoms with Gasteiger partial charge < -0.3 is 14.4 Å². The predicted octanol–water partition coefficient (Wildman–Crippen LogP) is 3.28. The molecule has 118 valence electrons. The number of aliphatic hydroxyl groups is 1. The smallest absolute Gasteiger partial charge is 0.289 e. The van der Waals surface area contributed by atoms with E-state index in [1.807, 2.05) is 19.1 Å². The Hall–Kier alpha value is -1.81. The fourth-order valence-electron chi connectivity index (χ4n) is 3.15. The number of hydrogen-bond acceptors (Lipinski definition) is 3. The zero-order chi connectivity index (χ0) is 15.9. The van der Waals surface area contributed by atoms with Gasteiger partial charge >= 0.3 is 0 Å². The summed E-state index contributed by atoms with van der Waals surface area (Å²) in [5.74, 6) is 0.481. The summed E-state index contributed by atoms with van der Waals surface area (Å²) in [4.78, 5) is 14.5. The normalized spacial score (nSPS) is 20.4. The maximum atomic E-state index is 12.7. The Morgan fingerprint density at radius 3 is 2.77 bits per heavy atom. The molecule has 4 nitrogen and oxygen atoms in total. The molecule has 0 aliphatic carbocycles. The molecule has 1 aliphatic rings. The van der Waals surface area contributed by atoms with Gasteiger partial charge in [-0.3, -0.25) is 4.79 Å². The lowest BCUT2D eigenvalue weighted by Crippen LogP contribution is -2.42. The second-order valence-corrected chi connectivity index (χ2v) is 6.48. The number of likely N-dealkylation sites (tertiary alicyclic amines) is 1. The van der Waals surface area contributed by atoms with Crippen LogP contribution >= 0.6 is 0 Å². The number of piperidine rings is 1. The van der Waals surface area contributed by atoms with E-state index < -0.39 is 0 Å². The van der Waals surface area contributed by atoms with Crippen molar-refractivity contribution in [2.45, 2.75) is 39.7 Å². The minimum atomic E-state index is -0.378. The van der Waals surface area contributed by atoms with Crippen molar-refractivity contribution in [3.05, 3.63) is 35.1 Å². The number of aryl methyl sites for hydroxylation is 2. The average Bonchev–Trinajstić information content (AvgIpc) is 2.89. The van der Waals surface area contributed by atoms with E-state index in [-0.39, 0.29) is 17.9 Å². The molecule has 1 aromatic heterocycles. The minimum absolute atomic E-state index is 0.0724. The van der Waals surface area contributed by atoms with Crippen molar-refractivity contribution in [2.75, 3.05) is 13.1 Å². The summed E-state index contributed by atoms with van der Waals surface area (Å²) >= 11 is 0. The molecule has 4 heteroatoms. The number of amides is 1. The van der Waals surface area contributed by atoms with Gasteiger partial charge in [0, 0.05) is 24.4 Å². The molecule has 0 spiro atoms. The Kier molecular flexibility index (Phi) is 3.96. The van der Waals surface area contributed by atoms with Gasteiger partial charge in [-0.15, -0.1) is 0 Å². The number of rotatable bonds is 2. The van der Waals surface area contributed by atoms with Gasteiger partial charge in [0.2, 0.25) is 0 Å². The number of nitrogens with zero attached hydrogens (tertiary/aromatic N) is 1. The topological polar surface area (TPSA) is 53.7 Å². The van der Waals surface area contributed by atoms with Crippen molar-refractivity contribution in [3.8, 4) is 0 Å². The van der Waals surface area contributed by atoms with Crippen LogP contribution in [-0.2, 0) is 0 Å². The molecule has 2 heterocycles. The van der Waals surface area contributed by atoms with Crippen molar-refractivity contribution < 1.29 is 14.3 Å². The molecule has 2 unspecified atom stereocenters. The molecule has 1 amide bonds. The SMILES string of the molecule is Cc1cc2cc(C(=O)N3CCCC(C(C)O)C3)oc2cc1C. The van der Waals surface area contributed by atoms with Gasteiger partial charge in [-0.1, -0.05) is 0 Å². The summed E-state index contributed by atoms with van der Waals surface area (Å²) in [6.45, 7) is 7.23. The number of fused-ring (bicyclic) bond motifs is 1. The van der Waals surface area contributed by atoms with Gasteiger partial charge in [0.05, 0.1) is 6.10 Å². The van der Waals surface area contributed by atoms with E-state index in [0.717, 1.165) is 35.9 Å². The Balaban J connectivity index is 1.85. The van der Waals surface area contributed by atoms with Crippen LogP contribution in [0.15, 0.2) is 22.6 Å². The van der Waals surface area contributed by atoms with Gasteiger partial charge in [0.25, 0.3) is 5.91 Å². The summed E-state index contributed by atoms with van der Waals surface area (Å²) in [6, 6.07) is 5.87. The first-order valence-electron chi connectivity index (χ1n) is 7.94. The predicted molar refractivity (Wildman–Crippen MR) is 86.0 cm³/mol. The summed E-state index contributed by atoms with van der Waals surface area (Å²) in [6.07, 6.45) is 1.52. The second kappa shape index (κ2) is 5.76. The number of carbonyl (C=O) groups is 1. The number of furan rings is 1. The summed E-state index contributed by atoms with van der Waals surface area (Å²) < 4.78 is 5.76. The van der Waals surface area contributed by atoms with Crippen LogP contribution < -0.4 is 0 Å². The van der Waals surface area contributed by atoms with Crippen molar-refractivity contribution in [3.63, 3.8) is 0 Å². The van der Waals surface area contributed by atoms with Gasteiger partial charge in [-0.2, -0.15) is 0 Å². The van der Waals surface area contributed by atoms with Gasteiger partial charge in [0.15, 0.2) is 5.76 Å². The molecule has 0 radical (unpaired) electrons. The van der Waals surface area contributed by atoms with E-state index in [2.05, 4.69) is 13.0 Å². The van der Waals surface area contributed by atoms with Crippen molar-refractivity contribution in [2.24, 2.45) is 5.92 Å². The second-order valence-electron chi connectivity index (χ2n) is 6.48. The Morgan fingerprint density at radius 2 is 2.05 bits per heavy atom. The van der Waals surface area contributed by atoms with Crippen LogP contribution in [0.1, 0.15) is 41.4 Å². The zero-order valence-corrected chi connectivity index (χ0v) is 13.4. The highest BCUT2D eigenvalue weighted by Crippen LogP contribution is 2.26. The largest absolute Gasteiger partial charge is 0.451 e. The van der Waals surface area contributed by atoms with Gasteiger partial charge in [-0.05, 0) is 62.9 Å². The lowest BCUT2D eigenvalue weighted by atomic mass is 9.93. The fourth-order valence-corrected chi connectivity index (χ4v) is 3.15. The zero-order valence-electron chi connectivity index (χ0n) is 13.4. The summed E-state index contributed by atoms with van der Waals surface area (Å²) in [5, 5.41) is 10.7. The summed E-state index contributed by atoms with van der Waals surface area (Å²) in [5.41, 5.74) is 3.11. The highest BCUT2D eigenvalue weighted by molar-refractivity contribution is 5.96. The Bertz CT molecular complexity index is 663. The number of aliphatic hydroxyl groups excluding tert-OH is 1. The molecule has 0 saturated carbocycles. The van der Waals surface area contributed by atoms with E-state index in [1.54, 1.807) is 11.8 Å². The minimum Gasteiger partial charge on any atom is -0.451 e. The molecule has 1 aromatic carbocycles. The standard InChI is InChI=1S/C18H23NO3/c1-11-7-15-9-17(22-16(15)8-12(11)2)18(21)19-6-4-5-14(10-19)13(3)20/h7-9,13-14,20H,4-6,10H2,1-3H3. The molecule has 1 saturated heterocycles. The molecule has 22 heavy (non-hydrogen) atoms. The monoisotopic (exact) mass is 301 g/mol. The van der Waals surface area contributed by atoms with Gasteiger partial charge in [0.1, 0.15) is 5.58 Å². The van der Waals surface area contributed by atoms with Crippen LogP contribution in [-0.4, -0.2) is 35.1 Å². The van der Waals surface area contributed by atoms with Crippen LogP contribution in [0.4, 0.5) is 0 Å². The first-order valence-corrected chi connectivity index (χ1v) is 7.94. The van der Waals surface area contributed by atoms with Crippen LogP contribution in [0, 0.1) is 19.8 Å². The average molecular weight is 301 g/mol. The highest BCUT2D eigenvalue weighted by Gasteiger charge is 2.28. The van der Waals surface area contributed by atoms with E-state index >= 15 is 0 Å². The number of benzene rings is 1. The molecule has 1 fully saturated rings. The molecule has 0 bridgehead atoms. The maximum Gasteiger partial charge on any atom is 0.289 e. The fraction of sp³-hybridized carbons (Fsp3) is 0.500. The summed E-state index contributed by atoms with van der Waals surface area (Å²) in [7, 11) is 0. The van der Waals surface area contributed by atoms with E-state index in [4.69, 9.17) is 4.42 Å². The van der Waals surface area contributed by atoms with Crippen molar-refractivity contribution in [1.29, 1.82) is 0 Å². The van der Waals surface area contributed by atoms with Crippen molar-refractivity contribution >= 4 is 16.9 Å². The number of hydrogen-bond donors (Lipinski definition) is 1. The first kappa shape index (κ1) is 15.1. The molecule has 1 N–H and O–H groups in total. The third-order valence-corrected chi connectivity index (χ3v) is 4.77. The quantitative estimate of drug-likeness (QED) is 0.926. The van der Waals surface area contributed by atoms with E-state index in [9.17, 15) is 9.90 Å².